The molecule has 3 N–H and O–H groups in total. The minimum absolute atomic E-state index is 0.0211. The third-order valence-electron chi connectivity index (χ3n) is 7.00. The second-order valence-electron chi connectivity index (χ2n) is 10.7. The zero-order valence-corrected chi connectivity index (χ0v) is 27.7. The summed E-state index contributed by atoms with van der Waals surface area (Å²) in [6.45, 7) is 0.392. The van der Waals surface area contributed by atoms with E-state index in [-0.39, 0.29) is 22.2 Å². The fourth-order valence-corrected chi connectivity index (χ4v) is 5.42. The Balaban J connectivity index is 1.26. The van der Waals surface area contributed by atoms with E-state index in [1.807, 2.05) is 30.3 Å². The number of amides is 3. The first-order valence-electron chi connectivity index (χ1n) is 15.1. The van der Waals surface area contributed by atoms with Gasteiger partial charge in [-0.15, -0.1) is 11.8 Å². The molecule has 0 aliphatic rings. The fourth-order valence-electron chi connectivity index (χ4n) is 4.50. The van der Waals surface area contributed by atoms with Crippen molar-refractivity contribution >= 4 is 58.5 Å². The molecule has 0 unspecified atom stereocenters. The minimum Gasteiger partial charge on any atom is -0.489 e. The predicted molar refractivity (Wildman–Crippen MR) is 190 cm³/mol. The number of carbonyl (C=O) groups is 3. The zero-order valence-electron chi connectivity index (χ0n) is 26.2. The molecule has 0 fully saturated rings. The first kappa shape index (κ1) is 35.8. The lowest BCUT2D eigenvalue weighted by atomic mass is 10.1. The van der Waals surface area contributed by atoms with Crippen molar-refractivity contribution in [1.29, 1.82) is 0 Å². The van der Waals surface area contributed by atoms with Crippen molar-refractivity contribution in [2.75, 3.05) is 16.4 Å². The Morgan fingerprint density at radius 1 is 0.780 bits per heavy atom. The van der Waals surface area contributed by atoms with Crippen molar-refractivity contribution in [3.05, 3.63) is 160 Å². The van der Waals surface area contributed by atoms with Gasteiger partial charge in [-0.1, -0.05) is 78.3 Å². The van der Waals surface area contributed by atoms with E-state index >= 15 is 0 Å². The summed E-state index contributed by atoms with van der Waals surface area (Å²) in [5.41, 5.74) is 1.28. The van der Waals surface area contributed by atoms with Crippen LogP contribution < -0.4 is 20.7 Å². The van der Waals surface area contributed by atoms with Crippen LogP contribution in [0.1, 0.15) is 27.0 Å². The van der Waals surface area contributed by atoms with Crippen LogP contribution in [0.4, 0.5) is 24.5 Å². The van der Waals surface area contributed by atoms with E-state index in [4.69, 9.17) is 16.3 Å². The van der Waals surface area contributed by atoms with E-state index in [1.54, 1.807) is 84.9 Å². The number of alkyl halides is 3. The fraction of sp³-hybridized carbons (Fsp3) is 0.0789. The average molecular weight is 716 g/mol. The highest BCUT2D eigenvalue weighted by molar-refractivity contribution is 8.00. The molecule has 5 aromatic carbocycles. The van der Waals surface area contributed by atoms with Crippen LogP contribution in [0.25, 0.3) is 6.08 Å². The third kappa shape index (κ3) is 10.5. The smallest absolute Gasteiger partial charge is 0.416 e. The molecule has 5 aromatic rings. The van der Waals surface area contributed by atoms with Crippen molar-refractivity contribution in [2.45, 2.75) is 17.7 Å². The summed E-state index contributed by atoms with van der Waals surface area (Å²) in [4.78, 5) is 39.7. The molecule has 0 aliphatic carbocycles. The van der Waals surface area contributed by atoms with Gasteiger partial charge in [-0.3, -0.25) is 14.4 Å². The standard InChI is InChI=1S/C38H29ClF3N3O4S/c39-32-19-16-28(38(40,41)42)21-33(32)44-35(46)24-50-31-13-7-12-29(22-31)43-37(48)34(45-36(47)27-10-5-2-6-11-27)20-25-14-17-30(18-15-25)49-23-26-8-3-1-4-9-26/h1-22H,23-24H2,(H,43,48)(H,44,46)(H,45,47)/b34-20+. The monoisotopic (exact) mass is 715 g/mol. The first-order valence-corrected chi connectivity index (χ1v) is 16.5. The molecule has 0 heterocycles. The lowest BCUT2D eigenvalue weighted by Gasteiger charge is -2.13. The lowest BCUT2D eigenvalue weighted by Crippen LogP contribution is -2.30. The SMILES string of the molecule is O=C(CSc1cccc(NC(=O)/C(=C\c2ccc(OCc3ccccc3)cc2)NC(=O)c2ccccc2)c1)Nc1cc(C(F)(F)F)ccc1Cl. The third-order valence-corrected chi connectivity index (χ3v) is 8.32. The topological polar surface area (TPSA) is 96.5 Å². The predicted octanol–water partition coefficient (Wildman–Crippen LogP) is 9.08. The first-order chi connectivity index (χ1) is 24.0. The quantitative estimate of drug-likeness (QED) is 0.0885. The summed E-state index contributed by atoms with van der Waals surface area (Å²) in [5, 5.41) is 7.86. The van der Waals surface area contributed by atoms with E-state index in [9.17, 15) is 27.6 Å². The lowest BCUT2D eigenvalue weighted by molar-refractivity contribution is -0.137. The normalized spacial score (nSPS) is 11.4. The van der Waals surface area contributed by atoms with Crippen molar-refractivity contribution in [2.24, 2.45) is 0 Å². The van der Waals surface area contributed by atoms with Gasteiger partial charge in [0.15, 0.2) is 0 Å². The Morgan fingerprint density at radius 3 is 2.18 bits per heavy atom. The van der Waals surface area contributed by atoms with Crippen LogP contribution >= 0.6 is 23.4 Å². The summed E-state index contributed by atoms with van der Waals surface area (Å²) in [5.74, 6) is -1.17. The molecule has 7 nitrogen and oxygen atoms in total. The van der Waals surface area contributed by atoms with Crippen LogP contribution in [0.2, 0.25) is 5.02 Å². The van der Waals surface area contributed by atoms with E-state index in [1.165, 1.54) is 0 Å². The van der Waals surface area contributed by atoms with Crippen LogP contribution in [0.15, 0.2) is 138 Å². The molecule has 0 aliphatic heterocycles. The van der Waals surface area contributed by atoms with Crippen LogP contribution in [0.3, 0.4) is 0 Å². The van der Waals surface area contributed by atoms with Crippen molar-refractivity contribution in [3.63, 3.8) is 0 Å². The second kappa shape index (κ2) is 16.7. The van der Waals surface area contributed by atoms with Gasteiger partial charge in [-0.2, -0.15) is 13.2 Å². The minimum atomic E-state index is -4.59. The van der Waals surface area contributed by atoms with E-state index in [2.05, 4.69) is 16.0 Å². The maximum Gasteiger partial charge on any atom is 0.416 e. The van der Waals surface area contributed by atoms with Crippen LogP contribution in [0, 0.1) is 0 Å². The molecular formula is C38H29ClF3N3O4S. The van der Waals surface area contributed by atoms with Gasteiger partial charge in [-0.25, -0.2) is 0 Å². The van der Waals surface area contributed by atoms with Gasteiger partial charge in [0, 0.05) is 16.1 Å². The van der Waals surface area contributed by atoms with Crippen molar-refractivity contribution in [1.82, 2.24) is 5.32 Å². The molecule has 0 aromatic heterocycles. The summed E-state index contributed by atoms with van der Waals surface area (Å²) >= 11 is 7.10. The molecule has 0 radical (unpaired) electrons. The highest BCUT2D eigenvalue weighted by atomic mass is 35.5. The van der Waals surface area contributed by atoms with Gasteiger partial charge in [0.05, 0.1) is 22.0 Å². The van der Waals surface area contributed by atoms with Gasteiger partial charge in [-0.05, 0) is 77.9 Å². The number of nitrogens with one attached hydrogen (secondary N) is 3. The Morgan fingerprint density at radius 2 is 1.48 bits per heavy atom. The molecule has 0 spiro atoms. The Labute approximate surface area is 295 Å². The average Bonchev–Trinajstić information content (AvgIpc) is 3.11. The van der Waals surface area contributed by atoms with Gasteiger partial charge in [0.25, 0.3) is 11.8 Å². The summed E-state index contributed by atoms with van der Waals surface area (Å²) in [7, 11) is 0. The molecule has 0 atom stereocenters. The van der Waals surface area contributed by atoms with Crippen LogP contribution in [0.5, 0.6) is 5.75 Å². The highest BCUT2D eigenvalue weighted by Crippen LogP contribution is 2.34. The molecule has 50 heavy (non-hydrogen) atoms. The number of anilines is 2. The number of rotatable bonds is 12. The van der Waals surface area contributed by atoms with E-state index in [0.717, 1.165) is 35.5 Å². The van der Waals surface area contributed by atoms with E-state index < -0.39 is 29.5 Å². The van der Waals surface area contributed by atoms with Gasteiger partial charge in [0.2, 0.25) is 5.91 Å². The molecule has 254 valence electrons. The summed E-state index contributed by atoms with van der Waals surface area (Å²) < 4.78 is 45.2. The van der Waals surface area contributed by atoms with Gasteiger partial charge < -0.3 is 20.7 Å². The molecule has 3 amide bonds. The Bertz CT molecular complexity index is 1990. The van der Waals surface area contributed by atoms with Crippen molar-refractivity contribution < 1.29 is 32.3 Å². The van der Waals surface area contributed by atoms with E-state index in [0.29, 0.717) is 34.1 Å². The van der Waals surface area contributed by atoms with Gasteiger partial charge in [0.1, 0.15) is 18.1 Å². The number of hydrogen-bond acceptors (Lipinski definition) is 5. The second-order valence-corrected chi connectivity index (χ2v) is 12.2. The molecule has 0 saturated heterocycles. The molecule has 0 saturated carbocycles. The Kier molecular flexibility index (Phi) is 12.0. The number of halogens is 4. The number of benzene rings is 5. The number of hydrogen-bond donors (Lipinski definition) is 3. The Hall–Kier alpha value is -5.52. The number of ether oxygens (including phenoxy) is 1. The van der Waals surface area contributed by atoms with Crippen molar-refractivity contribution in [3.8, 4) is 5.75 Å². The zero-order chi connectivity index (χ0) is 35.5. The van der Waals surface area contributed by atoms with Gasteiger partial charge >= 0.3 is 6.18 Å². The number of carbonyl (C=O) groups excluding carboxylic acids is 3. The molecule has 12 heteroatoms. The summed E-state index contributed by atoms with van der Waals surface area (Å²) in [6.07, 6.45) is -3.05. The maximum absolute atomic E-state index is 13.5. The van der Waals surface area contributed by atoms with Crippen LogP contribution in [-0.2, 0) is 22.4 Å². The molecular weight excluding hydrogens is 687 g/mol. The number of thioether (sulfide) groups is 1. The summed E-state index contributed by atoms with van der Waals surface area (Å²) in [6, 6.07) is 34.5. The largest absolute Gasteiger partial charge is 0.489 e. The molecule has 0 bridgehead atoms. The highest BCUT2D eigenvalue weighted by Gasteiger charge is 2.31. The van der Waals surface area contributed by atoms with Crippen LogP contribution in [-0.4, -0.2) is 23.5 Å². The molecule has 5 rings (SSSR count). The maximum atomic E-state index is 13.5.